The molecular weight excluding hydrogens is 222 g/mol. The predicted molar refractivity (Wildman–Crippen MR) is 78.3 cm³/mol. The maximum absolute atomic E-state index is 5.55. The van der Waals surface area contributed by atoms with Crippen LogP contribution in [-0.4, -0.2) is 13.7 Å². The monoisotopic (exact) mass is 249 g/mol. The van der Waals surface area contributed by atoms with E-state index in [0.29, 0.717) is 5.92 Å². The number of aryl methyl sites for hydroxylation is 1. The van der Waals surface area contributed by atoms with Crippen molar-refractivity contribution in [2.45, 2.75) is 51.9 Å². The minimum absolute atomic E-state index is 0.671. The highest BCUT2D eigenvalue weighted by molar-refractivity contribution is 5.38. The highest BCUT2D eigenvalue weighted by Gasteiger charge is 2.10. The van der Waals surface area contributed by atoms with Crippen molar-refractivity contribution in [3.63, 3.8) is 0 Å². The van der Waals surface area contributed by atoms with Gasteiger partial charge in [0.1, 0.15) is 5.75 Å². The van der Waals surface area contributed by atoms with Gasteiger partial charge in [-0.1, -0.05) is 26.0 Å². The molecule has 1 aromatic carbocycles. The van der Waals surface area contributed by atoms with Crippen LogP contribution < -0.4 is 10.5 Å². The Morgan fingerprint density at radius 1 is 1.17 bits per heavy atom. The second-order valence-corrected chi connectivity index (χ2v) is 4.83. The third-order valence-electron chi connectivity index (χ3n) is 3.66. The zero-order valence-corrected chi connectivity index (χ0v) is 12.0. The van der Waals surface area contributed by atoms with E-state index in [9.17, 15) is 0 Å². The van der Waals surface area contributed by atoms with E-state index in [2.05, 4.69) is 32.0 Å². The van der Waals surface area contributed by atoms with Crippen LogP contribution in [0.2, 0.25) is 0 Å². The lowest BCUT2D eigenvalue weighted by Gasteiger charge is -2.16. The van der Waals surface area contributed by atoms with Gasteiger partial charge in [-0.25, -0.2) is 0 Å². The Bertz CT molecular complexity index is 345. The van der Waals surface area contributed by atoms with Crippen LogP contribution in [0.5, 0.6) is 5.75 Å². The molecule has 0 aliphatic rings. The lowest BCUT2D eigenvalue weighted by Crippen LogP contribution is -2.02. The van der Waals surface area contributed by atoms with Gasteiger partial charge in [0.15, 0.2) is 0 Å². The van der Waals surface area contributed by atoms with Crippen molar-refractivity contribution < 1.29 is 4.74 Å². The first-order valence-electron chi connectivity index (χ1n) is 7.13. The topological polar surface area (TPSA) is 35.2 Å². The predicted octanol–water partition coefficient (Wildman–Crippen LogP) is 3.88. The lowest BCUT2D eigenvalue weighted by molar-refractivity contribution is 0.408. The summed E-state index contributed by atoms with van der Waals surface area (Å²) in [6.45, 7) is 5.29. The molecule has 0 amide bonds. The molecule has 18 heavy (non-hydrogen) atoms. The van der Waals surface area contributed by atoms with Crippen LogP contribution in [0.4, 0.5) is 0 Å². The summed E-state index contributed by atoms with van der Waals surface area (Å²) in [6.07, 6.45) is 5.68. The first-order valence-corrected chi connectivity index (χ1v) is 7.13. The number of benzene rings is 1. The van der Waals surface area contributed by atoms with Crippen molar-refractivity contribution in [1.82, 2.24) is 0 Å². The Morgan fingerprint density at radius 3 is 2.44 bits per heavy atom. The smallest absolute Gasteiger partial charge is 0.122 e. The highest BCUT2D eigenvalue weighted by atomic mass is 16.5. The molecule has 0 aromatic heterocycles. The summed E-state index contributed by atoms with van der Waals surface area (Å²) in [5, 5.41) is 0. The van der Waals surface area contributed by atoms with Crippen molar-refractivity contribution in [3.8, 4) is 5.75 Å². The highest BCUT2D eigenvalue weighted by Crippen LogP contribution is 2.29. The fourth-order valence-corrected chi connectivity index (χ4v) is 2.47. The Balaban J connectivity index is 2.86. The van der Waals surface area contributed by atoms with Gasteiger partial charge in [0.05, 0.1) is 7.11 Å². The maximum atomic E-state index is 5.55. The molecule has 2 heteroatoms. The molecule has 0 unspecified atom stereocenters. The minimum Gasteiger partial charge on any atom is -0.496 e. The number of hydrogen-bond donors (Lipinski definition) is 1. The standard InChI is InChI=1S/C16H27NO/c1-4-13(5-2)14-9-10-16(18-3)15(12-14)8-6-7-11-17/h9-10,12-13H,4-8,11,17H2,1-3H3. The summed E-state index contributed by atoms with van der Waals surface area (Å²) in [4.78, 5) is 0. The number of unbranched alkanes of at least 4 members (excludes halogenated alkanes) is 1. The number of nitrogens with two attached hydrogens (primary N) is 1. The van der Waals surface area contributed by atoms with Crippen molar-refractivity contribution in [1.29, 1.82) is 0 Å². The van der Waals surface area contributed by atoms with E-state index < -0.39 is 0 Å². The van der Waals surface area contributed by atoms with Crippen molar-refractivity contribution in [2.75, 3.05) is 13.7 Å². The van der Waals surface area contributed by atoms with Gasteiger partial charge in [-0.15, -0.1) is 0 Å². The third kappa shape index (κ3) is 4.02. The van der Waals surface area contributed by atoms with Crippen LogP contribution in [0.3, 0.4) is 0 Å². The van der Waals surface area contributed by atoms with Crippen LogP contribution in [0.1, 0.15) is 56.6 Å². The van der Waals surface area contributed by atoms with Gasteiger partial charge in [-0.2, -0.15) is 0 Å². The molecule has 0 aliphatic heterocycles. The van der Waals surface area contributed by atoms with Crippen LogP contribution in [-0.2, 0) is 6.42 Å². The number of ether oxygens (including phenoxy) is 1. The molecule has 0 saturated heterocycles. The average molecular weight is 249 g/mol. The van der Waals surface area contributed by atoms with E-state index in [-0.39, 0.29) is 0 Å². The molecule has 1 rings (SSSR count). The molecule has 0 bridgehead atoms. The summed E-state index contributed by atoms with van der Waals surface area (Å²) in [7, 11) is 1.75. The Hall–Kier alpha value is -1.02. The first-order chi connectivity index (χ1) is 8.76. The molecule has 1 aromatic rings. The van der Waals surface area contributed by atoms with Crippen LogP contribution in [0, 0.1) is 0 Å². The van der Waals surface area contributed by atoms with Crippen LogP contribution in [0.25, 0.3) is 0 Å². The second kappa shape index (κ2) is 8.15. The number of rotatable bonds is 8. The van der Waals surface area contributed by atoms with E-state index >= 15 is 0 Å². The fourth-order valence-electron chi connectivity index (χ4n) is 2.47. The van der Waals surface area contributed by atoms with Gasteiger partial charge in [0.2, 0.25) is 0 Å². The van der Waals surface area contributed by atoms with Gasteiger partial charge in [-0.3, -0.25) is 0 Å². The normalized spacial score (nSPS) is 10.9. The maximum Gasteiger partial charge on any atom is 0.122 e. The molecule has 0 atom stereocenters. The van der Waals surface area contributed by atoms with E-state index in [4.69, 9.17) is 10.5 Å². The molecule has 0 aliphatic carbocycles. The summed E-state index contributed by atoms with van der Waals surface area (Å²) in [5.74, 6) is 1.69. The molecule has 2 nitrogen and oxygen atoms in total. The van der Waals surface area contributed by atoms with Crippen LogP contribution in [0.15, 0.2) is 18.2 Å². The van der Waals surface area contributed by atoms with Crippen LogP contribution >= 0.6 is 0 Å². The minimum atomic E-state index is 0.671. The Kier molecular flexibility index (Phi) is 6.81. The SMILES string of the molecule is CCC(CC)c1ccc(OC)c(CCCCN)c1. The Labute approximate surface area is 112 Å². The Morgan fingerprint density at radius 2 is 1.89 bits per heavy atom. The van der Waals surface area contributed by atoms with E-state index in [1.54, 1.807) is 7.11 Å². The second-order valence-electron chi connectivity index (χ2n) is 4.83. The molecule has 0 saturated carbocycles. The van der Waals surface area contributed by atoms with Gasteiger partial charge < -0.3 is 10.5 Å². The molecule has 0 radical (unpaired) electrons. The molecule has 0 heterocycles. The summed E-state index contributed by atoms with van der Waals surface area (Å²) >= 11 is 0. The molecular formula is C16H27NO. The van der Waals surface area contributed by atoms with E-state index in [1.165, 1.54) is 24.0 Å². The molecule has 2 N–H and O–H groups in total. The quantitative estimate of drug-likeness (QED) is 0.710. The van der Waals surface area contributed by atoms with Crippen molar-refractivity contribution in [2.24, 2.45) is 5.73 Å². The number of hydrogen-bond acceptors (Lipinski definition) is 2. The molecule has 0 spiro atoms. The number of methoxy groups -OCH3 is 1. The lowest BCUT2D eigenvalue weighted by atomic mass is 9.91. The van der Waals surface area contributed by atoms with Crippen molar-refractivity contribution in [3.05, 3.63) is 29.3 Å². The van der Waals surface area contributed by atoms with E-state index in [0.717, 1.165) is 31.6 Å². The average Bonchev–Trinajstić information content (AvgIpc) is 2.41. The largest absolute Gasteiger partial charge is 0.496 e. The fraction of sp³-hybridized carbons (Fsp3) is 0.625. The van der Waals surface area contributed by atoms with Gasteiger partial charge >= 0.3 is 0 Å². The summed E-state index contributed by atoms with van der Waals surface area (Å²) < 4.78 is 5.45. The zero-order chi connectivity index (χ0) is 13.4. The first kappa shape index (κ1) is 15.0. The van der Waals surface area contributed by atoms with Crippen molar-refractivity contribution >= 4 is 0 Å². The van der Waals surface area contributed by atoms with Gasteiger partial charge in [0, 0.05) is 0 Å². The molecule has 102 valence electrons. The van der Waals surface area contributed by atoms with Gasteiger partial charge in [-0.05, 0) is 61.8 Å². The third-order valence-corrected chi connectivity index (χ3v) is 3.66. The van der Waals surface area contributed by atoms with E-state index in [1.807, 2.05) is 0 Å². The summed E-state index contributed by atoms with van der Waals surface area (Å²) in [6, 6.07) is 6.65. The summed E-state index contributed by atoms with van der Waals surface area (Å²) in [5.41, 5.74) is 8.33. The van der Waals surface area contributed by atoms with Gasteiger partial charge in [0.25, 0.3) is 0 Å². The molecule has 0 fully saturated rings. The zero-order valence-electron chi connectivity index (χ0n) is 12.0.